The molecule has 0 radical (unpaired) electrons. The van der Waals surface area contributed by atoms with E-state index in [0.717, 1.165) is 30.5 Å². The van der Waals surface area contributed by atoms with Crippen LogP contribution in [0.4, 0.5) is 0 Å². The van der Waals surface area contributed by atoms with Crippen molar-refractivity contribution >= 4 is 27.5 Å². The molecule has 1 aromatic carbocycles. The molecular weight excluding hydrogens is 406 g/mol. The van der Waals surface area contributed by atoms with Gasteiger partial charge < -0.3 is 14.2 Å². The van der Waals surface area contributed by atoms with Crippen LogP contribution in [0.2, 0.25) is 5.02 Å². The molecule has 0 saturated carbocycles. The highest BCUT2D eigenvalue weighted by atomic mass is 79.9. The topological polar surface area (TPSA) is 40.6 Å². The molecule has 0 N–H and O–H groups in total. The van der Waals surface area contributed by atoms with Crippen LogP contribution in [0.25, 0.3) is 0 Å². The van der Waals surface area contributed by atoms with E-state index in [2.05, 4.69) is 39.1 Å². The fourth-order valence-electron chi connectivity index (χ4n) is 3.68. The molecule has 0 amide bonds. The minimum Gasteiger partial charge on any atom is -0.481 e. The standard InChI is InChI=1S/C19H19BrClNO3/c1-23-18-14(19-24-7-8-25-19)10-16(21)17(22-18)9-11-5-6-13-12(11)3-2-4-15(13)20/h2-4,10-11,19H,5-9H2,1H3. The van der Waals surface area contributed by atoms with Crippen molar-refractivity contribution in [3.63, 3.8) is 0 Å². The van der Waals surface area contributed by atoms with E-state index in [-0.39, 0.29) is 0 Å². The lowest BCUT2D eigenvalue weighted by Gasteiger charge is -2.17. The SMILES string of the molecule is COc1nc(CC2CCc3c(Br)cccc32)c(Cl)cc1C1OCCO1. The minimum absolute atomic E-state index is 0.423. The molecular formula is C19H19BrClNO3. The number of halogens is 2. The van der Waals surface area contributed by atoms with Crippen molar-refractivity contribution in [1.82, 2.24) is 4.98 Å². The van der Waals surface area contributed by atoms with Gasteiger partial charge in [-0.2, -0.15) is 0 Å². The van der Waals surface area contributed by atoms with E-state index in [1.807, 2.05) is 6.07 Å². The predicted molar refractivity (Wildman–Crippen MR) is 99.4 cm³/mol. The molecule has 6 heteroatoms. The van der Waals surface area contributed by atoms with E-state index >= 15 is 0 Å². The van der Waals surface area contributed by atoms with Crippen LogP contribution in [0.3, 0.4) is 0 Å². The first-order valence-corrected chi connectivity index (χ1v) is 9.58. The van der Waals surface area contributed by atoms with Crippen molar-refractivity contribution in [1.29, 1.82) is 0 Å². The Morgan fingerprint density at radius 2 is 2.08 bits per heavy atom. The Hall–Kier alpha value is -1.14. The first-order chi connectivity index (χ1) is 12.2. The van der Waals surface area contributed by atoms with Crippen molar-refractivity contribution in [3.05, 3.63) is 56.1 Å². The Labute approximate surface area is 160 Å². The Morgan fingerprint density at radius 3 is 2.84 bits per heavy atom. The Balaban J connectivity index is 1.63. The molecule has 1 fully saturated rings. The van der Waals surface area contributed by atoms with E-state index in [1.165, 1.54) is 15.6 Å². The molecule has 0 spiro atoms. The largest absolute Gasteiger partial charge is 0.481 e. The van der Waals surface area contributed by atoms with Gasteiger partial charge in [0.1, 0.15) is 0 Å². The van der Waals surface area contributed by atoms with Gasteiger partial charge >= 0.3 is 0 Å². The number of pyridine rings is 1. The summed E-state index contributed by atoms with van der Waals surface area (Å²) >= 11 is 10.2. The van der Waals surface area contributed by atoms with E-state index in [4.69, 9.17) is 25.8 Å². The summed E-state index contributed by atoms with van der Waals surface area (Å²) in [5, 5.41) is 0.637. The summed E-state index contributed by atoms with van der Waals surface area (Å²) in [6.45, 7) is 1.14. The summed E-state index contributed by atoms with van der Waals surface area (Å²) in [5.41, 5.74) is 4.40. The second-order valence-corrected chi connectivity index (χ2v) is 7.60. The van der Waals surface area contributed by atoms with Gasteiger partial charge in [-0.25, -0.2) is 4.98 Å². The lowest BCUT2D eigenvalue weighted by molar-refractivity contribution is -0.0458. The highest BCUT2D eigenvalue weighted by molar-refractivity contribution is 9.10. The number of ether oxygens (including phenoxy) is 3. The third-order valence-corrected chi connectivity index (χ3v) is 5.96. The lowest BCUT2D eigenvalue weighted by atomic mass is 9.95. The van der Waals surface area contributed by atoms with Gasteiger partial charge in [0.2, 0.25) is 5.88 Å². The van der Waals surface area contributed by atoms with Crippen LogP contribution >= 0.6 is 27.5 Å². The van der Waals surface area contributed by atoms with Crippen LogP contribution in [-0.4, -0.2) is 25.3 Å². The molecule has 1 aliphatic heterocycles. The smallest absolute Gasteiger partial charge is 0.221 e. The first kappa shape index (κ1) is 17.3. The van der Waals surface area contributed by atoms with Crippen molar-refractivity contribution in [2.24, 2.45) is 0 Å². The summed E-state index contributed by atoms with van der Waals surface area (Å²) < 4.78 is 17.8. The first-order valence-electron chi connectivity index (χ1n) is 8.41. The van der Waals surface area contributed by atoms with Gasteiger partial charge in [-0.3, -0.25) is 0 Å². The van der Waals surface area contributed by atoms with Crippen LogP contribution < -0.4 is 4.74 Å². The summed E-state index contributed by atoms with van der Waals surface area (Å²) in [6, 6.07) is 8.27. The number of methoxy groups -OCH3 is 1. The number of aromatic nitrogens is 1. The Bertz CT molecular complexity index is 792. The predicted octanol–water partition coefficient (Wildman–Crippen LogP) is 4.82. The van der Waals surface area contributed by atoms with E-state index in [9.17, 15) is 0 Å². The van der Waals surface area contributed by atoms with Crippen LogP contribution in [0.15, 0.2) is 28.7 Å². The second kappa shape index (κ2) is 7.23. The van der Waals surface area contributed by atoms with Crippen molar-refractivity contribution in [2.45, 2.75) is 31.5 Å². The highest BCUT2D eigenvalue weighted by Gasteiger charge is 2.28. The minimum atomic E-state index is -0.447. The van der Waals surface area contributed by atoms with Gasteiger partial charge in [-0.1, -0.05) is 39.7 Å². The summed E-state index contributed by atoms with van der Waals surface area (Å²) in [5.74, 6) is 0.950. The van der Waals surface area contributed by atoms with Gasteiger partial charge in [0, 0.05) is 4.47 Å². The molecule has 2 heterocycles. The Morgan fingerprint density at radius 1 is 1.28 bits per heavy atom. The maximum atomic E-state index is 6.54. The van der Waals surface area contributed by atoms with Gasteiger partial charge in [-0.15, -0.1) is 0 Å². The fraction of sp³-hybridized carbons (Fsp3) is 0.421. The van der Waals surface area contributed by atoms with Crippen LogP contribution in [0.1, 0.15) is 41.0 Å². The molecule has 4 rings (SSSR count). The molecule has 4 nitrogen and oxygen atoms in total. The van der Waals surface area contributed by atoms with E-state index in [1.54, 1.807) is 7.11 Å². The zero-order valence-electron chi connectivity index (χ0n) is 13.9. The molecule has 1 atom stereocenters. The summed E-state index contributed by atoms with van der Waals surface area (Å²) in [4.78, 5) is 4.67. The van der Waals surface area contributed by atoms with E-state index < -0.39 is 6.29 Å². The number of benzene rings is 1. The van der Waals surface area contributed by atoms with Gasteiger partial charge in [0.05, 0.1) is 36.6 Å². The number of rotatable bonds is 4. The second-order valence-electron chi connectivity index (χ2n) is 6.34. The average Bonchev–Trinajstić information content (AvgIpc) is 3.27. The van der Waals surface area contributed by atoms with Crippen LogP contribution in [0, 0.1) is 0 Å². The monoisotopic (exact) mass is 423 g/mol. The highest BCUT2D eigenvalue weighted by Crippen LogP contribution is 2.41. The maximum absolute atomic E-state index is 6.54. The van der Waals surface area contributed by atoms with E-state index in [0.29, 0.717) is 30.0 Å². The third-order valence-electron chi connectivity index (χ3n) is 4.89. The van der Waals surface area contributed by atoms with Crippen molar-refractivity contribution in [2.75, 3.05) is 20.3 Å². The lowest BCUT2D eigenvalue weighted by Crippen LogP contribution is -2.08. The fourth-order valence-corrected chi connectivity index (χ4v) is 4.49. The summed E-state index contributed by atoms with van der Waals surface area (Å²) in [7, 11) is 1.61. The van der Waals surface area contributed by atoms with Gasteiger partial charge in [0.25, 0.3) is 0 Å². The van der Waals surface area contributed by atoms with Crippen LogP contribution in [0.5, 0.6) is 5.88 Å². The van der Waals surface area contributed by atoms with Crippen molar-refractivity contribution < 1.29 is 14.2 Å². The molecule has 2 aliphatic rings. The third kappa shape index (κ3) is 3.31. The number of hydrogen-bond donors (Lipinski definition) is 0. The molecule has 2 aromatic rings. The number of fused-ring (bicyclic) bond motifs is 1. The average molecular weight is 425 g/mol. The number of hydrogen-bond acceptors (Lipinski definition) is 4. The molecule has 1 aliphatic carbocycles. The number of nitrogens with zero attached hydrogens (tertiary/aromatic N) is 1. The zero-order chi connectivity index (χ0) is 17.4. The summed E-state index contributed by atoms with van der Waals surface area (Å²) in [6.07, 6.45) is 2.54. The molecule has 25 heavy (non-hydrogen) atoms. The normalized spacial score (nSPS) is 20.0. The van der Waals surface area contributed by atoms with Gasteiger partial charge in [0.15, 0.2) is 6.29 Å². The molecule has 1 unspecified atom stereocenters. The Kier molecular flexibility index (Phi) is 5.00. The zero-order valence-corrected chi connectivity index (χ0v) is 16.3. The molecule has 132 valence electrons. The maximum Gasteiger partial charge on any atom is 0.221 e. The van der Waals surface area contributed by atoms with Crippen LogP contribution in [-0.2, 0) is 22.3 Å². The van der Waals surface area contributed by atoms with Crippen molar-refractivity contribution in [3.8, 4) is 5.88 Å². The van der Waals surface area contributed by atoms with Gasteiger partial charge in [-0.05, 0) is 48.4 Å². The quantitative estimate of drug-likeness (QED) is 0.705. The molecule has 1 saturated heterocycles. The molecule has 0 bridgehead atoms. The molecule has 1 aromatic heterocycles.